The number of benzene rings is 1. The van der Waals surface area contributed by atoms with Gasteiger partial charge in [0.15, 0.2) is 6.04 Å². The molecule has 3 N–H and O–H groups in total. The molecule has 6 heteroatoms. The summed E-state index contributed by atoms with van der Waals surface area (Å²) in [5.74, 6) is -0.562. The van der Waals surface area contributed by atoms with Crippen LogP contribution in [-0.2, 0) is 14.3 Å². The molecule has 1 aromatic rings. The fourth-order valence-electron chi connectivity index (χ4n) is 1.88. The molecule has 0 aliphatic carbocycles. The van der Waals surface area contributed by atoms with E-state index in [9.17, 15) is 9.59 Å². The second-order valence-electron chi connectivity index (χ2n) is 4.14. The van der Waals surface area contributed by atoms with Crippen molar-refractivity contribution in [2.24, 2.45) is 5.73 Å². The van der Waals surface area contributed by atoms with Gasteiger partial charge in [-0.3, -0.25) is 4.79 Å². The number of para-hydroxylation sites is 1. The molecular formula is C13H16N2O4. The van der Waals surface area contributed by atoms with Gasteiger partial charge in [-0.15, -0.1) is 0 Å². The van der Waals surface area contributed by atoms with Gasteiger partial charge in [0.2, 0.25) is 5.91 Å². The number of esters is 1. The first kappa shape index (κ1) is 13.4. The highest BCUT2D eigenvalue weighted by atomic mass is 16.5. The van der Waals surface area contributed by atoms with Gasteiger partial charge in [0.1, 0.15) is 12.4 Å². The first-order valence-electron chi connectivity index (χ1n) is 6.07. The first-order valence-corrected chi connectivity index (χ1v) is 6.07. The van der Waals surface area contributed by atoms with Gasteiger partial charge in [-0.1, -0.05) is 18.2 Å². The van der Waals surface area contributed by atoms with Crippen molar-refractivity contribution in [2.45, 2.75) is 19.0 Å². The molecular weight excluding hydrogens is 248 g/mol. The molecule has 0 saturated heterocycles. The van der Waals surface area contributed by atoms with Crippen molar-refractivity contribution in [3.63, 3.8) is 0 Å². The molecule has 0 spiro atoms. The number of carbonyl (C=O) groups is 2. The van der Waals surface area contributed by atoms with E-state index in [1.165, 1.54) is 0 Å². The quantitative estimate of drug-likeness (QED) is 0.595. The fraction of sp³-hybridized carbons (Fsp3) is 0.385. The zero-order valence-electron chi connectivity index (χ0n) is 10.6. The molecule has 1 amide bonds. The number of hydrogen-bond donors (Lipinski definition) is 2. The van der Waals surface area contributed by atoms with Gasteiger partial charge in [-0.05, 0) is 13.0 Å². The highest BCUT2D eigenvalue weighted by Gasteiger charge is 2.30. The topological polar surface area (TPSA) is 90.7 Å². The number of rotatable bonds is 4. The normalized spacial score (nSPS) is 18.1. The van der Waals surface area contributed by atoms with E-state index in [1.54, 1.807) is 6.92 Å². The van der Waals surface area contributed by atoms with Crippen molar-refractivity contribution >= 4 is 11.9 Å². The Labute approximate surface area is 110 Å². The van der Waals surface area contributed by atoms with Gasteiger partial charge in [0.25, 0.3) is 0 Å². The van der Waals surface area contributed by atoms with E-state index in [1.807, 2.05) is 24.3 Å². The lowest BCUT2D eigenvalue weighted by Gasteiger charge is -2.15. The van der Waals surface area contributed by atoms with Crippen LogP contribution in [0.4, 0.5) is 0 Å². The predicted octanol–water partition coefficient (Wildman–Crippen LogP) is 0.127. The molecule has 1 aliphatic rings. The van der Waals surface area contributed by atoms with Gasteiger partial charge >= 0.3 is 5.97 Å². The van der Waals surface area contributed by atoms with E-state index < -0.39 is 17.9 Å². The molecule has 19 heavy (non-hydrogen) atoms. The van der Waals surface area contributed by atoms with E-state index in [2.05, 4.69) is 5.32 Å². The smallest absolute Gasteiger partial charge is 0.332 e. The lowest BCUT2D eigenvalue weighted by atomic mass is 10.1. The molecule has 0 fully saturated rings. The minimum atomic E-state index is -1.31. The Balaban J connectivity index is 1.99. The average molecular weight is 264 g/mol. The fourth-order valence-corrected chi connectivity index (χ4v) is 1.88. The van der Waals surface area contributed by atoms with Crippen molar-refractivity contribution in [3.05, 3.63) is 29.8 Å². The summed E-state index contributed by atoms with van der Waals surface area (Å²) in [4.78, 5) is 23.2. The van der Waals surface area contributed by atoms with E-state index in [4.69, 9.17) is 15.2 Å². The third-order valence-corrected chi connectivity index (χ3v) is 2.84. The van der Waals surface area contributed by atoms with Crippen LogP contribution in [0.5, 0.6) is 5.75 Å². The van der Waals surface area contributed by atoms with Crippen molar-refractivity contribution in [3.8, 4) is 5.75 Å². The highest BCUT2D eigenvalue weighted by Crippen LogP contribution is 2.31. The predicted molar refractivity (Wildman–Crippen MR) is 67.4 cm³/mol. The SMILES string of the molecule is CCOC(=O)C(N)C(=O)NC1COc2ccccc21. The summed E-state index contributed by atoms with van der Waals surface area (Å²) in [5.41, 5.74) is 6.40. The molecule has 1 aliphatic heterocycles. The van der Waals surface area contributed by atoms with Crippen LogP contribution in [-0.4, -0.2) is 31.1 Å². The van der Waals surface area contributed by atoms with Crippen LogP contribution in [0.25, 0.3) is 0 Å². The van der Waals surface area contributed by atoms with Crippen LogP contribution < -0.4 is 15.8 Å². The Morgan fingerprint density at radius 2 is 2.26 bits per heavy atom. The summed E-state index contributed by atoms with van der Waals surface area (Å²) in [7, 11) is 0. The summed E-state index contributed by atoms with van der Waals surface area (Å²) < 4.78 is 10.1. The monoisotopic (exact) mass is 264 g/mol. The second-order valence-corrected chi connectivity index (χ2v) is 4.14. The number of carbonyl (C=O) groups excluding carboxylic acids is 2. The maximum absolute atomic E-state index is 11.8. The molecule has 6 nitrogen and oxygen atoms in total. The van der Waals surface area contributed by atoms with Crippen molar-refractivity contribution in [1.29, 1.82) is 0 Å². The minimum Gasteiger partial charge on any atom is -0.491 e. The number of hydrogen-bond acceptors (Lipinski definition) is 5. The number of fused-ring (bicyclic) bond motifs is 1. The average Bonchev–Trinajstić information content (AvgIpc) is 2.81. The van der Waals surface area contributed by atoms with Gasteiger partial charge in [-0.2, -0.15) is 0 Å². The molecule has 0 saturated carbocycles. The summed E-state index contributed by atoms with van der Waals surface area (Å²) in [6, 6.07) is 5.80. The Morgan fingerprint density at radius 1 is 1.53 bits per heavy atom. The van der Waals surface area contributed by atoms with Crippen LogP contribution in [0.15, 0.2) is 24.3 Å². The van der Waals surface area contributed by atoms with E-state index in [-0.39, 0.29) is 12.6 Å². The molecule has 1 heterocycles. The summed E-state index contributed by atoms with van der Waals surface area (Å²) in [5, 5.41) is 2.68. The van der Waals surface area contributed by atoms with Gasteiger partial charge in [-0.25, -0.2) is 4.79 Å². The Hall–Kier alpha value is -2.08. The molecule has 2 atom stereocenters. The van der Waals surface area contributed by atoms with Crippen LogP contribution in [0, 0.1) is 0 Å². The zero-order valence-corrected chi connectivity index (χ0v) is 10.6. The molecule has 0 aromatic heterocycles. The van der Waals surface area contributed by atoms with E-state index in [0.29, 0.717) is 6.61 Å². The summed E-state index contributed by atoms with van der Waals surface area (Å²) in [6.07, 6.45) is 0. The maximum Gasteiger partial charge on any atom is 0.332 e. The highest BCUT2D eigenvalue weighted by molar-refractivity contribution is 6.01. The van der Waals surface area contributed by atoms with Crippen LogP contribution in [0.1, 0.15) is 18.5 Å². The largest absolute Gasteiger partial charge is 0.491 e. The number of nitrogens with two attached hydrogens (primary N) is 1. The first-order chi connectivity index (χ1) is 9.13. The number of amides is 1. The summed E-state index contributed by atoms with van der Waals surface area (Å²) >= 11 is 0. The maximum atomic E-state index is 11.8. The standard InChI is InChI=1S/C13H16N2O4/c1-2-18-13(17)11(14)12(16)15-9-7-19-10-6-4-3-5-8(9)10/h3-6,9,11H,2,7,14H2,1H3,(H,15,16). The van der Waals surface area contributed by atoms with Crippen molar-refractivity contribution in [2.75, 3.05) is 13.2 Å². The van der Waals surface area contributed by atoms with Crippen molar-refractivity contribution < 1.29 is 19.1 Å². The number of nitrogens with one attached hydrogen (secondary N) is 1. The molecule has 0 radical (unpaired) electrons. The Morgan fingerprint density at radius 3 is 3.00 bits per heavy atom. The second kappa shape index (κ2) is 5.71. The third-order valence-electron chi connectivity index (χ3n) is 2.84. The van der Waals surface area contributed by atoms with Gasteiger partial charge < -0.3 is 20.5 Å². The number of ether oxygens (including phenoxy) is 2. The zero-order chi connectivity index (χ0) is 13.8. The Bertz CT molecular complexity index is 489. The minimum absolute atomic E-state index is 0.190. The van der Waals surface area contributed by atoms with E-state index >= 15 is 0 Å². The molecule has 2 rings (SSSR count). The third kappa shape index (κ3) is 2.85. The lowest BCUT2D eigenvalue weighted by molar-refractivity contribution is -0.148. The van der Waals surface area contributed by atoms with Crippen LogP contribution >= 0.6 is 0 Å². The van der Waals surface area contributed by atoms with Crippen LogP contribution in [0.2, 0.25) is 0 Å². The Kier molecular flexibility index (Phi) is 4.01. The lowest BCUT2D eigenvalue weighted by Crippen LogP contribution is -2.48. The van der Waals surface area contributed by atoms with Gasteiger partial charge in [0, 0.05) is 5.56 Å². The van der Waals surface area contributed by atoms with E-state index in [0.717, 1.165) is 11.3 Å². The van der Waals surface area contributed by atoms with Crippen LogP contribution in [0.3, 0.4) is 0 Å². The summed E-state index contributed by atoms with van der Waals surface area (Å²) in [6.45, 7) is 2.18. The molecule has 2 unspecified atom stereocenters. The van der Waals surface area contributed by atoms with Gasteiger partial charge in [0.05, 0.1) is 12.6 Å². The molecule has 102 valence electrons. The molecule has 1 aromatic carbocycles. The molecule has 0 bridgehead atoms. The van der Waals surface area contributed by atoms with Crippen molar-refractivity contribution in [1.82, 2.24) is 5.32 Å².